The maximum atomic E-state index is 14.0. The summed E-state index contributed by atoms with van der Waals surface area (Å²) in [6, 6.07) is 4.10. The number of nitrogens with two attached hydrogens (primary N) is 1. The van der Waals surface area contributed by atoms with Gasteiger partial charge in [-0.2, -0.15) is 18.2 Å². The highest BCUT2D eigenvalue weighted by molar-refractivity contribution is 6.36. The zero-order valence-electron chi connectivity index (χ0n) is 25.2. The van der Waals surface area contributed by atoms with Crippen LogP contribution < -0.4 is 20.7 Å². The van der Waals surface area contributed by atoms with Gasteiger partial charge in [0.2, 0.25) is 11.9 Å². The Hall–Kier alpha value is -4.47. The van der Waals surface area contributed by atoms with E-state index < -0.39 is 11.7 Å². The Balaban J connectivity index is 1.21. The molecule has 46 heavy (non-hydrogen) atoms. The van der Waals surface area contributed by atoms with Crippen LogP contribution in [0.25, 0.3) is 16.9 Å². The van der Waals surface area contributed by atoms with Gasteiger partial charge >= 0.3 is 6.18 Å². The van der Waals surface area contributed by atoms with E-state index >= 15 is 0 Å². The minimum atomic E-state index is -4.55. The lowest BCUT2D eigenvalue weighted by molar-refractivity contribution is -0.138. The number of nitrogens with one attached hydrogen (secondary N) is 1. The third kappa shape index (κ3) is 6.30. The van der Waals surface area contributed by atoms with Gasteiger partial charge in [0, 0.05) is 58.6 Å². The van der Waals surface area contributed by atoms with Gasteiger partial charge < -0.3 is 25.1 Å². The van der Waals surface area contributed by atoms with Gasteiger partial charge in [-0.25, -0.2) is 15.0 Å². The predicted octanol–water partition coefficient (Wildman–Crippen LogP) is 4.71. The number of hydrogen-bond acceptors (Lipinski definition) is 10. The fourth-order valence-electron chi connectivity index (χ4n) is 5.15. The third-order valence-electron chi connectivity index (χ3n) is 7.99. The molecule has 1 saturated carbocycles. The summed E-state index contributed by atoms with van der Waals surface area (Å²) >= 11 is 6.72. The van der Waals surface area contributed by atoms with Crippen LogP contribution in [0.5, 0.6) is 5.75 Å². The Kier molecular flexibility index (Phi) is 8.48. The standard InChI is InChI=1S/C30H31ClF3N9O3/c1-41(28(44)16-4-5-16)24-12-36-21(10-37-24)22(9-35)46-23-11-38-27-26(25(23)31)42(2)29(40-27)39-18-7-6-17(20(8-18)30(32,33)34)13-43-14-19(15-43)45-3/h6-12,16,19H,4-5,13-15,35H2,1-3H3,(H,38,39,40)/b22-9+. The summed E-state index contributed by atoms with van der Waals surface area (Å²) in [5.41, 5.74) is 6.37. The van der Waals surface area contributed by atoms with E-state index in [1.807, 2.05) is 4.90 Å². The maximum Gasteiger partial charge on any atom is 0.416 e. The van der Waals surface area contributed by atoms with Crippen molar-refractivity contribution in [3.05, 3.63) is 64.8 Å². The van der Waals surface area contributed by atoms with Gasteiger partial charge in [0.15, 0.2) is 23.0 Å². The predicted molar refractivity (Wildman–Crippen MR) is 165 cm³/mol. The van der Waals surface area contributed by atoms with Gasteiger partial charge in [-0.3, -0.25) is 14.6 Å². The van der Waals surface area contributed by atoms with Crippen molar-refractivity contribution in [1.82, 2.24) is 29.4 Å². The maximum absolute atomic E-state index is 14.0. The smallest absolute Gasteiger partial charge is 0.416 e. The number of alkyl halides is 3. The summed E-state index contributed by atoms with van der Waals surface area (Å²) < 4.78 is 54.8. The number of ether oxygens (including phenoxy) is 2. The minimum Gasteiger partial charge on any atom is -0.450 e. The van der Waals surface area contributed by atoms with Gasteiger partial charge in [0.25, 0.3) is 0 Å². The first-order valence-corrected chi connectivity index (χ1v) is 14.8. The van der Waals surface area contributed by atoms with Crippen molar-refractivity contribution in [2.75, 3.05) is 37.5 Å². The first-order chi connectivity index (χ1) is 22.0. The second-order valence-corrected chi connectivity index (χ2v) is 11.6. The van der Waals surface area contributed by atoms with Crippen molar-refractivity contribution in [3.63, 3.8) is 0 Å². The Bertz CT molecular complexity index is 1800. The van der Waals surface area contributed by atoms with Crippen LogP contribution in [0.3, 0.4) is 0 Å². The van der Waals surface area contributed by atoms with Crippen LogP contribution in [0.4, 0.5) is 30.6 Å². The number of benzene rings is 1. The van der Waals surface area contributed by atoms with Crippen molar-refractivity contribution in [2.24, 2.45) is 18.7 Å². The van der Waals surface area contributed by atoms with E-state index in [-0.39, 0.29) is 63.9 Å². The van der Waals surface area contributed by atoms with Crippen LogP contribution in [0, 0.1) is 5.92 Å². The molecular formula is C30H31ClF3N9O3. The number of carbonyl (C=O) groups is 1. The molecule has 0 atom stereocenters. The Morgan fingerprint density at radius 1 is 1.20 bits per heavy atom. The number of aryl methyl sites for hydroxylation is 1. The van der Waals surface area contributed by atoms with Gasteiger partial charge in [0.05, 0.1) is 30.3 Å². The molecule has 4 aromatic rings. The molecule has 12 nitrogen and oxygen atoms in total. The van der Waals surface area contributed by atoms with Crippen LogP contribution in [-0.4, -0.2) is 68.7 Å². The Morgan fingerprint density at radius 2 is 1.96 bits per heavy atom. The number of amides is 1. The van der Waals surface area contributed by atoms with Crippen LogP contribution in [0.1, 0.15) is 29.7 Å². The number of imidazole rings is 1. The number of fused-ring (bicyclic) bond motifs is 1. The molecule has 0 radical (unpaired) electrons. The lowest BCUT2D eigenvalue weighted by Crippen LogP contribution is -2.51. The number of halogens is 4. The largest absolute Gasteiger partial charge is 0.450 e. The molecule has 0 unspecified atom stereocenters. The van der Waals surface area contributed by atoms with E-state index in [4.69, 9.17) is 26.8 Å². The van der Waals surface area contributed by atoms with Crippen LogP contribution >= 0.6 is 11.6 Å². The number of pyridine rings is 1. The number of nitrogens with zero attached hydrogens (tertiary/aromatic N) is 7. The Morgan fingerprint density at radius 3 is 2.59 bits per heavy atom. The van der Waals surface area contributed by atoms with E-state index in [0.29, 0.717) is 30.1 Å². The average molecular weight is 658 g/mol. The molecule has 0 spiro atoms. The monoisotopic (exact) mass is 657 g/mol. The molecule has 1 aliphatic heterocycles. The summed E-state index contributed by atoms with van der Waals surface area (Å²) in [5, 5.41) is 3.10. The molecule has 16 heteroatoms. The highest BCUT2D eigenvalue weighted by Gasteiger charge is 2.36. The topological polar surface area (TPSA) is 137 Å². The summed E-state index contributed by atoms with van der Waals surface area (Å²) in [4.78, 5) is 33.1. The van der Waals surface area contributed by atoms with Crippen LogP contribution in [-0.2, 0) is 29.3 Å². The molecule has 2 fully saturated rings. The quantitative estimate of drug-likeness (QED) is 0.231. The molecule has 1 saturated heterocycles. The zero-order chi connectivity index (χ0) is 32.7. The fourth-order valence-corrected chi connectivity index (χ4v) is 5.45. The molecule has 1 amide bonds. The summed E-state index contributed by atoms with van der Waals surface area (Å²) in [6.45, 7) is 1.32. The molecule has 2 aliphatic rings. The van der Waals surface area contributed by atoms with E-state index in [1.165, 1.54) is 35.8 Å². The first-order valence-electron chi connectivity index (χ1n) is 14.4. The number of methoxy groups -OCH3 is 1. The van der Waals surface area contributed by atoms with Crippen molar-refractivity contribution in [1.29, 1.82) is 0 Å². The highest BCUT2D eigenvalue weighted by Crippen LogP contribution is 2.38. The van der Waals surface area contributed by atoms with Crippen LogP contribution in [0.2, 0.25) is 5.02 Å². The van der Waals surface area contributed by atoms with Gasteiger partial charge in [-0.15, -0.1) is 0 Å². The van der Waals surface area contributed by atoms with Crippen molar-refractivity contribution in [3.8, 4) is 5.75 Å². The average Bonchev–Trinajstić information content (AvgIpc) is 3.82. The van der Waals surface area contributed by atoms with E-state index in [1.54, 1.807) is 31.8 Å². The molecule has 4 heterocycles. The number of anilines is 3. The second-order valence-electron chi connectivity index (χ2n) is 11.2. The van der Waals surface area contributed by atoms with Crippen LogP contribution in [0.15, 0.2) is 43.0 Å². The van der Waals surface area contributed by atoms with Crippen molar-refractivity contribution < 1.29 is 27.4 Å². The fraction of sp³-hybridized carbons (Fsp3) is 0.367. The third-order valence-corrected chi connectivity index (χ3v) is 8.36. The van der Waals surface area contributed by atoms with E-state index in [9.17, 15) is 18.0 Å². The number of aromatic nitrogens is 5. The second kappa shape index (κ2) is 12.4. The van der Waals surface area contributed by atoms with Crippen molar-refractivity contribution >= 4 is 51.9 Å². The number of rotatable bonds is 10. The highest BCUT2D eigenvalue weighted by atomic mass is 35.5. The molecule has 3 aromatic heterocycles. The van der Waals surface area contributed by atoms with Gasteiger partial charge in [-0.05, 0) is 30.5 Å². The zero-order valence-corrected chi connectivity index (χ0v) is 25.9. The molecule has 1 aromatic carbocycles. The summed E-state index contributed by atoms with van der Waals surface area (Å²) in [7, 11) is 4.88. The first kappa shape index (κ1) is 31.5. The number of carbonyl (C=O) groups excluding carboxylic acids is 1. The molecule has 1 aliphatic carbocycles. The Labute approximate surface area is 267 Å². The summed E-state index contributed by atoms with van der Waals surface area (Å²) in [6.07, 6.45) is 2.66. The number of hydrogen-bond donors (Lipinski definition) is 2. The molecule has 3 N–H and O–H groups in total. The van der Waals surface area contributed by atoms with E-state index in [0.717, 1.165) is 18.9 Å². The molecular weight excluding hydrogens is 627 g/mol. The lowest BCUT2D eigenvalue weighted by atomic mass is 10.0. The SMILES string of the molecule is COC1CN(Cc2ccc(Nc3nc4ncc(O/C(=C/N)c5cnc(N(C)C(=O)C6CC6)cn5)c(Cl)c4n3C)cc2C(F)(F)F)C1. The minimum absolute atomic E-state index is 0.00922. The van der Waals surface area contributed by atoms with Crippen molar-refractivity contribution in [2.45, 2.75) is 31.7 Å². The number of likely N-dealkylation sites (tertiary alicyclic amines) is 1. The van der Waals surface area contributed by atoms with Gasteiger partial charge in [-0.1, -0.05) is 17.7 Å². The normalized spacial score (nSPS) is 16.0. The molecule has 0 bridgehead atoms. The van der Waals surface area contributed by atoms with E-state index in [2.05, 4.69) is 25.3 Å². The van der Waals surface area contributed by atoms with Gasteiger partial charge in [0.1, 0.15) is 16.2 Å². The molecule has 242 valence electrons. The molecule has 6 rings (SSSR count). The lowest BCUT2D eigenvalue weighted by Gasteiger charge is -2.38. The summed E-state index contributed by atoms with van der Waals surface area (Å²) in [5.74, 6) is 0.900.